The van der Waals surface area contributed by atoms with E-state index in [1.165, 1.54) is 5.70 Å². The van der Waals surface area contributed by atoms with Crippen LogP contribution in [0, 0.1) is 0 Å². The van der Waals surface area contributed by atoms with Gasteiger partial charge in [-0.05, 0) is 18.9 Å². The molecule has 1 N–H and O–H groups in total. The average molecular weight is 116 g/mol. The molecule has 40 valence electrons. The van der Waals surface area contributed by atoms with Crippen LogP contribution in [-0.4, -0.2) is 12.1 Å². The van der Waals surface area contributed by atoms with Crippen molar-refractivity contribution >= 4 is 11.9 Å². The quantitative estimate of drug-likeness (QED) is 0.474. The van der Waals surface area contributed by atoms with Gasteiger partial charge in [0.2, 0.25) is 0 Å². The molecule has 1 rings (SSSR count). The third-order valence-corrected chi connectivity index (χ3v) is 1.79. The molecule has 2 nitrogen and oxygen atoms in total. The molecule has 0 aliphatic carbocycles. The molecule has 1 heterocycles. The molecule has 0 saturated carbocycles. The van der Waals surface area contributed by atoms with Crippen LogP contribution in [0.3, 0.4) is 0 Å². The Morgan fingerprint density at radius 1 is 1.86 bits per heavy atom. The summed E-state index contributed by atoms with van der Waals surface area (Å²) in [6.07, 6.45) is 0. The van der Waals surface area contributed by atoms with Crippen molar-refractivity contribution in [1.82, 2.24) is 9.84 Å². The lowest BCUT2D eigenvalue weighted by molar-refractivity contribution is 0.407. The third kappa shape index (κ3) is 0.894. The van der Waals surface area contributed by atoms with E-state index in [1.807, 2.05) is 12.1 Å². The van der Waals surface area contributed by atoms with Gasteiger partial charge < -0.3 is 5.01 Å². The SMILES string of the molecule is CC1=CSNN1C. The molecule has 0 amide bonds. The first-order valence-corrected chi connectivity index (χ1v) is 3.00. The van der Waals surface area contributed by atoms with Crippen molar-refractivity contribution in [2.75, 3.05) is 7.05 Å². The summed E-state index contributed by atoms with van der Waals surface area (Å²) in [5.41, 5.74) is 1.27. The number of rotatable bonds is 0. The predicted molar refractivity (Wildman–Crippen MR) is 32.2 cm³/mol. The van der Waals surface area contributed by atoms with Crippen molar-refractivity contribution in [1.29, 1.82) is 0 Å². The Hall–Kier alpha value is -0.150. The van der Waals surface area contributed by atoms with Gasteiger partial charge in [0.15, 0.2) is 0 Å². The minimum absolute atomic E-state index is 1.27. The topological polar surface area (TPSA) is 15.3 Å². The van der Waals surface area contributed by atoms with E-state index in [-0.39, 0.29) is 0 Å². The van der Waals surface area contributed by atoms with Crippen LogP contribution in [0.15, 0.2) is 11.1 Å². The summed E-state index contributed by atoms with van der Waals surface area (Å²) in [5.74, 6) is 0. The minimum atomic E-state index is 1.27. The average Bonchev–Trinajstić information content (AvgIpc) is 1.91. The fourth-order valence-corrected chi connectivity index (χ4v) is 1.03. The van der Waals surface area contributed by atoms with Crippen LogP contribution in [0.5, 0.6) is 0 Å². The van der Waals surface area contributed by atoms with Crippen LogP contribution in [0.4, 0.5) is 0 Å². The summed E-state index contributed by atoms with van der Waals surface area (Å²) < 4.78 is 0. The number of nitrogens with zero attached hydrogens (tertiary/aromatic N) is 1. The van der Waals surface area contributed by atoms with Gasteiger partial charge in [-0.2, -0.15) is 4.83 Å². The molecule has 1 aliphatic rings. The first-order valence-electron chi connectivity index (χ1n) is 2.12. The van der Waals surface area contributed by atoms with Crippen molar-refractivity contribution in [3.63, 3.8) is 0 Å². The van der Waals surface area contributed by atoms with E-state index in [4.69, 9.17) is 0 Å². The fourth-order valence-electron chi connectivity index (χ4n) is 0.342. The van der Waals surface area contributed by atoms with Gasteiger partial charge in [-0.3, -0.25) is 0 Å². The van der Waals surface area contributed by atoms with Crippen molar-refractivity contribution in [2.24, 2.45) is 0 Å². The number of hydrogen-bond donors (Lipinski definition) is 1. The van der Waals surface area contributed by atoms with Crippen molar-refractivity contribution < 1.29 is 0 Å². The highest BCUT2D eigenvalue weighted by Crippen LogP contribution is 2.13. The van der Waals surface area contributed by atoms with Gasteiger partial charge in [0.1, 0.15) is 0 Å². The first-order chi connectivity index (χ1) is 3.30. The van der Waals surface area contributed by atoms with Crippen molar-refractivity contribution in [3.05, 3.63) is 11.1 Å². The van der Waals surface area contributed by atoms with E-state index in [2.05, 4.69) is 17.2 Å². The van der Waals surface area contributed by atoms with Gasteiger partial charge in [0.25, 0.3) is 0 Å². The standard InChI is InChI=1S/C4H8N2S/c1-4-3-7-5-6(4)2/h3,5H,1-2H3. The maximum atomic E-state index is 3.03. The summed E-state index contributed by atoms with van der Waals surface area (Å²) in [7, 11) is 1.99. The summed E-state index contributed by atoms with van der Waals surface area (Å²) >= 11 is 1.60. The zero-order chi connectivity index (χ0) is 5.28. The lowest BCUT2D eigenvalue weighted by Gasteiger charge is -2.09. The number of hydrazine groups is 1. The predicted octanol–water partition coefficient (Wildman–Crippen LogP) is 0.946. The van der Waals surface area contributed by atoms with E-state index < -0.39 is 0 Å². The summed E-state index contributed by atoms with van der Waals surface area (Å²) in [6.45, 7) is 2.06. The molecule has 3 heteroatoms. The number of allylic oxidation sites excluding steroid dienone is 1. The Balaban J connectivity index is 2.54. The second kappa shape index (κ2) is 1.76. The Bertz CT molecular complexity index is 99.9. The van der Waals surface area contributed by atoms with Gasteiger partial charge >= 0.3 is 0 Å². The number of hydrogen-bond acceptors (Lipinski definition) is 3. The molecule has 0 unspecified atom stereocenters. The molecule has 7 heavy (non-hydrogen) atoms. The largest absolute Gasteiger partial charge is 0.305 e. The van der Waals surface area contributed by atoms with E-state index >= 15 is 0 Å². The van der Waals surface area contributed by atoms with Crippen molar-refractivity contribution in [3.8, 4) is 0 Å². The van der Waals surface area contributed by atoms with Gasteiger partial charge in [-0.25, -0.2) is 0 Å². The van der Waals surface area contributed by atoms with Crippen LogP contribution >= 0.6 is 11.9 Å². The molecular formula is C4H8N2S. The molecule has 0 saturated heterocycles. The molecule has 0 atom stereocenters. The lowest BCUT2D eigenvalue weighted by atomic mass is 10.6. The third-order valence-electron chi connectivity index (χ3n) is 0.948. The van der Waals surface area contributed by atoms with Crippen molar-refractivity contribution in [2.45, 2.75) is 6.92 Å². The highest BCUT2D eigenvalue weighted by atomic mass is 32.2. The molecule has 0 radical (unpaired) electrons. The highest BCUT2D eigenvalue weighted by molar-refractivity contribution is 8.00. The Kier molecular flexibility index (Phi) is 1.25. The lowest BCUT2D eigenvalue weighted by Crippen LogP contribution is -2.21. The van der Waals surface area contributed by atoms with Crippen LogP contribution in [-0.2, 0) is 0 Å². The smallest absolute Gasteiger partial charge is 0.0345 e. The first kappa shape index (κ1) is 5.00. The molecule has 0 spiro atoms. The zero-order valence-corrected chi connectivity index (χ0v) is 5.25. The molecule has 0 bridgehead atoms. The zero-order valence-electron chi connectivity index (χ0n) is 4.43. The monoisotopic (exact) mass is 116 g/mol. The molecule has 0 aromatic carbocycles. The van der Waals surface area contributed by atoms with E-state index in [9.17, 15) is 0 Å². The van der Waals surface area contributed by atoms with E-state index in [0.717, 1.165) is 0 Å². The van der Waals surface area contributed by atoms with Gasteiger partial charge in [-0.1, -0.05) is 0 Å². The molecule has 0 aromatic rings. The minimum Gasteiger partial charge on any atom is -0.305 e. The van der Waals surface area contributed by atoms with Gasteiger partial charge in [-0.15, -0.1) is 0 Å². The Morgan fingerprint density at radius 3 is 2.71 bits per heavy atom. The highest BCUT2D eigenvalue weighted by Gasteiger charge is 2.02. The maximum absolute atomic E-state index is 3.03. The van der Waals surface area contributed by atoms with Crippen LogP contribution in [0.1, 0.15) is 6.92 Å². The Morgan fingerprint density at radius 2 is 2.57 bits per heavy atom. The molecule has 0 aromatic heterocycles. The number of nitrogens with one attached hydrogen (secondary N) is 1. The summed E-state index contributed by atoms with van der Waals surface area (Å²) in [6, 6.07) is 0. The molecule has 0 fully saturated rings. The second-order valence-corrected chi connectivity index (χ2v) is 2.18. The van der Waals surface area contributed by atoms with Crippen LogP contribution < -0.4 is 4.83 Å². The molecular weight excluding hydrogens is 108 g/mol. The van der Waals surface area contributed by atoms with Crippen LogP contribution in [0.25, 0.3) is 0 Å². The molecule has 1 aliphatic heterocycles. The van der Waals surface area contributed by atoms with Crippen LogP contribution in [0.2, 0.25) is 0 Å². The Labute approximate surface area is 47.7 Å². The summed E-state index contributed by atoms with van der Waals surface area (Å²) in [4.78, 5) is 3.03. The normalized spacial score (nSPS) is 20.3. The van der Waals surface area contributed by atoms with E-state index in [0.29, 0.717) is 0 Å². The summed E-state index contributed by atoms with van der Waals surface area (Å²) in [5, 5.41) is 4.05. The van der Waals surface area contributed by atoms with Gasteiger partial charge in [0, 0.05) is 18.2 Å². The maximum Gasteiger partial charge on any atom is 0.0345 e. The fraction of sp³-hybridized carbons (Fsp3) is 0.500. The van der Waals surface area contributed by atoms with E-state index in [1.54, 1.807) is 11.9 Å². The second-order valence-electron chi connectivity index (χ2n) is 1.53. The van der Waals surface area contributed by atoms with Gasteiger partial charge in [0.05, 0.1) is 0 Å².